The molecular formula is C28H34N6O4. The molecule has 0 aliphatic carbocycles. The fourth-order valence-corrected chi connectivity index (χ4v) is 4.16. The number of piperidine rings is 1. The Kier molecular flexibility index (Phi) is 9.47. The van der Waals surface area contributed by atoms with E-state index in [1.807, 2.05) is 54.6 Å². The molecule has 0 spiro atoms. The van der Waals surface area contributed by atoms with E-state index in [9.17, 15) is 9.59 Å². The number of likely N-dealkylation sites (tertiary alicyclic amines) is 1. The van der Waals surface area contributed by atoms with Crippen molar-refractivity contribution in [2.24, 2.45) is 0 Å². The summed E-state index contributed by atoms with van der Waals surface area (Å²) in [6.45, 7) is 4.23. The lowest BCUT2D eigenvalue weighted by Gasteiger charge is -2.31. The highest BCUT2D eigenvalue weighted by Gasteiger charge is 2.22. The monoisotopic (exact) mass is 518 g/mol. The molecular weight excluding hydrogens is 484 g/mol. The van der Waals surface area contributed by atoms with Gasteiger partial charge in [-0.15, -0.1) is 0 Å². The number of nitrogens with zero attached hydrogens (tertiary/aromatic N) is 3. The maximum atomic E-state index is 12.9. The number of hydrogen-bond acceptors (Lipinski definition) is 8. The van der Waals surface area contributed by atoms with Crippen LogP contribution in [0.1, 0.15) is 19.8 Å². The molecule has 1 fully saturated rings. The number of nitrogens with one attached hydrogen (secondary N) is 3. The van der Waals surface area contributed by atoms with E-state index in [4.69, 9.17) is 9.47 Å². The van der Waals surface area contributed by atoms with Crippen LogP contribution in [0, 0.1) is 0 Å². The third-order valence-electron chi connectivity index (χ3n) is 6.09. The van der Waals surface area contributed by atoms with Gasteiger partial charge in [0.2, 0.25) is 11.8 Å². The normalized spacial score (nSPS) is 13.9. The molecule has 1 saturated heterocycles. The van der Waals surface area contributed by atoms with Crippen molar-refractivity contribution in [2.75, 3.05) is 50.5 Å². The number of ether oxygens (including phenoxy) is 2. The van der Waals surface area contributed by atoms with E-state index in [0.29, 0.717) is 30.5 Å². The molecule has 0 saturated carbocycles. The first-order chi connectivity index (χ1) is 18.5. The molecule has 2 amide bonds. The van der Waals surface area contributed by atoms with Crippen LogP contribution in [0.2, 0.25) is 0 Å². The molecule has 10 nitrogen and oxygen atoms in total. The second kappa shape index (κ2) is 13.4. The van der Waals surface area contributed by atoms with Crippen molar-refractivity contribution in [3.05, 3.63) is 60.7 Å². The molecule has 1 aliphatic rings. The van der Waals surface area contributed by atoms with Crippen molar-refractivity contribution in [2.45, 2.75) is 25.9 Å². The molecule has 3 aromatic rings. The first kappa shape index (κ1) is 26.9. The van der Waals surface area contributed by atoms with Crippen molar-refractivity contribution in [1.29, 1.82) is 0 Å². The molecule has 2 heterocycles. The molecule has 200 valence electrons. The molecule has 1 aliphatic heterocycles. The second-order valence-corrected chi connectivity index (χ2v) is 9.05. The highest BCUT2D eigenvalue weighted by Crippen LogP contribution is 2.23. The van der Waals surface area contributed by atoms with Crippen molar-refractivity contribution in [3.63, 3.8) is 0 Å². The number of carbonyl (C=O) groups excluding carboxylic acids is 2. The Labute approximate surface area is 222 Å². The van der Waals surface area contributed by atoms with Gasteiger partial charge < -0.3 is 25.4 Å². The summed E-state index contributed by atoms with van der Waals surface area (Å²) in [5.41, 5.74) is 0.840. The Hall–Kier alpha value is -4.18. The quantitative estimate of drug-likeness (QED) is 0.331. The van der Waals surface area contributed by atoms with Crippen LogP contribution < -0.4 is 25.4 Å². The third-order valence-corrected chi connectivity index (χ3v) is 6.09. The van der Waals surface area contributed by atoms with Crippen LogP contribution in [0.3, 0.4) is 0 Å². The molecule has 2 aromatic carbocycles. The number of rotatable bonds is 11. The summed E-state index contributed by atoms with van der Waals surface area (Å²) in [5.74, 6) is 2.87. The van der Waals surface area contributed by atoms with Gasteiger partial charge >= 0.3 is 0 Å². The SMILES string of the molecule is COc1ccc(OC2CCN(CC(=O)Nc3cc(NCCNC(C)=O)nc(-c4ccccc4)n3)CC2)cc1. The Morgan fingerprint density at radius 1 is 0.947 bits per heavy atom. The number of amides is 2. The van der Waals surface area contributed by atoms with Gasteiger partial charge in [0.15, 0.2) is 5.82 Å². The zero-order valence-electron chi connectivity index (χ0n) is 21.8. The fraction of sp³-hybridized carbons (Fsp3) is 0.357. The Morgan fingerprint density at radius 3 is 2.32 bits per heavy atom. The predicted octanol–water partition coefficient (Wildman–Crippen LogP) is 3.18. The summed E-state index contributed by atoms with van der Waals surface area (Å²) in [6, 6.07) is 18.9. The van der Waals surface area contributed by atoms with Gasteiger partial charge in [-0.05, 0) is 37.1 Å². The molecule has 3 N–H and O–H groups in total. The van der Waals surface area contributed by atoms with E-state index in [2.05, 4.69) is 30.8 Å². The van der Waals surface area contributed by atoms with Crippen LogP contribution in [0.4, 0.5) is 11.6 Å². The van der Waals surface area contributed by atoms with Gasteiger partial charge in [-0.25, -0.2) is 9.97 Å². The maximum absolute atomic E-state index is 12.9. The second-order valence-electron chi connectivity index (χ2n) is 9.05. The molecule has 0 unspecified atom stereocenters. The van der Waals surface area contributed by atoms with Crippen LogP contribution >= 0.6 is 0 Å². The van der Waals surface area contributed by atoms with Gasteiger partial charge in [-0.1, -0.05) is 30.3 Å². The third kappa shape index (κ3) is 8.17. The largest absolute Gasteiger partial charge is 0.497 e. The molecule has 0 radical (unpaired) electrons. The van der Waals surface area contributed by atoms with E-state index >= 15 is 0 Å². The van der Waals surface area contributed by atoms with Crippen LogP contribution in [-0.4, -0.2) is 72.6 Å². The predicted molar refractivity (Wildman–Crippen MR) is 146 cm³/mol. The Bertz CT molecular complexity index is 1200. The number of aromatic nitrogens is 2. The van der Waals surface area contributed by atoms with Gasteiger partial charge in [0.05, 0.1) is 13.7 Å². The first-order valence-electron chi connectivity index (χ1n) is 12.7. The molecule has 10 heteroatoms. The zero-order chi connectivity index (χ0) is 26.7. The fourth-order valence-electron chi connectivity index (χ4n) is 4.16. The van der Waals surface area contributed by atoms with Gasteiger partial charge in [-0.2, -0.15) is 0 Å². The summed E-state index contributed by atoms with van der Waals surface area (Å²) in [5, 5.41) is 8.86. The van der Waals surface area contributed by atoms with Crippen molar-refractivity contribution in [3.8, 4) is 22.9 Å². The van der Waals surface area contributed by atoms with Crippen molar-refractivity contribution >= 4 is 23.5 Å². The van der Waals surface area contributed by atoms with Crippen LogP contribution in [-0.2, 0) is 9.59 Å². The average molecular weight is 519 g/mol. The number of anilines is 2. The summed E-state index contributed by atoms with van der Waals surface area (Å²) in [4.78, 5) is 35.3. The minimum Gasteiger partial charge on any atom is -0.497 e. The van der Waals surface area contributed by atoms with Crippen molar-refractivity contribution in [1.82, 2.24) is 20.2 Å². The van der Waals surface area contributed by atoms with Crippen LogP contribution in [0.25, 0.3) is 11.4 Å². The maximum Gasteiger partial charge on any atom is 0.239 e. The lowest BCUT2D eigenvalue weighted by molar-refractivity contribution is -0.119. The lowest BCUT2D eigenvalue weighted by atomic mass is 10.1. The highest BCUT2D eigenvalue weighted by atomic mass is 16.5. The van der Waals surface area contributed by atoms with E-state index in [0.717, 1.165) is 43.0 Å². The summed E-state index contributed by atoms with van der Waals surface area (Å²) in [6.07, 6.45) is 1.80. The Balaban J connectivity index is 1.32. The molecule has 1 aromatic heterocycles. The number of carbonyl (C=O) groups is 2. The van der Waals surface area contributed by atoms with Crippen LogP contribution in [0.15, 0.2) is 60.7 Å². The topological polar surface area (TPSA) is 118 Å². The number of hydrogen-bond donors (Lipinski definition) is 3. The zero-order valence-corrected chi connectivity index (χ0v) is 21.8. The van der Waals surface area contributed by atoms with Crippen LogP contribution in [0.5, 0.6) is 11.5 Å². The van der Waals surface area contributed by atoms with Gasteiger partial charge in [0, 0.05) is 44.7 Å². The van der Waals surface area contributed by atoms with Gasteiger partial charge in [0.1, 0.15) is 29.2 Å². The first-order valence-corrected chi connectivity index (χ1v) is 12.7. The smallest absolute Gasteiger partial charge is 0.239 e. The number of methoxy groups -OCH3 is 1. The summed E-state index contributed by atoms with van der Waals surface area (Å²) < 4.78 is 11.3. The highest BCUT2D eigenvalue weighted by molar-refractivity contribution is 5.92. The summed E-state index contributed by atoms with van der Waals surface area (Å²) in [7, 11) is 1.64. The van der Waals surface area contributed by atoms with E-state index < -0.39 is 0 Å². The lowest BCUT2D eigenvalue weighted by Crippen LogP contribution is -2.42. The summed E-state index contributed by atoms with van der Waals surface area (Å²) >= 11 is 0. The minimum atomic E-state index is -0.138. The Morgan fingerprint density at radius 2 is 1.63 bits per heavy atom. The van der Waals surface area contributed by atoms with E-state index in [1.165, 1.54) is 6.92 Å². The molecule has 4 rings (SSSR count). The van der Waals surface area contributed by atoms with Crippen molar-refractivity contribution < 1.29 is 19.1 Å². The van der Waals surface area contributed by atoms with E-state index in [1.54, 1.807) is 13.2 Å². The van der Waals surface area contributed by atoms with Gasteiger partial charge in [0.25, 0.3) is 0 Å². The van der Waals surface area contributed by atoms with E-state index in [-0.39, 0.29) is 24.5 Å². The molecule has 0 atom stereocenters. The standard InChI is InChI=1S/C28H34N6O4/c1-20(35)29-14-15-30-25-18-26(33-28(32-25)21-6-4-3-5-7-21)31-27(36)19-34-16-12-24(13-17-34)38-23-10-8-22(37-2)9-11-23/h3-11,18,24H,12-17,19H2,1-2H3,(H,29,35)(H2,30,31,32,33,36). The minimum absolute atomic E-state index is 0.0938. The molecule has 0 bridgehead atoms. The molecule has 38 heavy (non-hydrogen) atoms. The van der Waals surface area contributed by atoms with Gasteiger partial charge in [-0.3, -0.25) is 14.5 Å². The average Bonchev–Trinajstić information content (AvgIpc) is 2.93. The number of benzene rings is 2.